The number of piperidine rings is 1. The molecule has 1 amide bonds. The number of rotatable bonds is 4. The van der Waals surface area contributed by atoms with Gasteiger partial charge in [-0.15, -0.1) is 0 Å². The first kappa shape index (κ1) is 14.5. The minimum Gasteiger partial charge on any atom is -0.480 e. The summed E-state index contributed by atoms with van der Waals surface area (Å²) < 4.78 is 13.8. The van der Waals surface area contributed by atoms with E-state index in [1.165, 1.54) is 18.2 Å². The fourth-order valence-electron chi connectivity index (χ4n) is 2.62. The topological polar surface area (TPSA) is 83.6 Å². The molecule has 1 unspecified atom stereocenters. The third-order valence-electron chi connectivity index (χ3n) is 3.73. The number of amides is 1. The average Bonchev–Trinajstić information content (AvgIpc) is 2.41. The Hall–Kier alpha value is -1.95. The highest BCUT2D eigenvalue weighted by molar-refractivity contribution is 5.77. The number of nitrogens with zero attached hydrogens (tertiary/aromatic N) is 1. The van der Waals surface area contributed by atoms with E-state index in [0.29, 0.717) is 25.9 Å². The Labute approximate surface area is 116 Å². The van der Waals surface area contributed by atoms with Crippen molar-refractivity contribution >= 4 is 11.9 Å². The lowest BCUT2D eigenvalue weighted by atomic mass is 9.93. The molecule has 1 aliphatic heterocycles. The number of halogens is 1. The van der Waals surface area contributed by atoms with Gasteiger partial charge in [-0.05, 0) is 18.9 Å². The Morgan fingerprint density at radius 2 is 1.90 bits per heavy atom. The van der Waals surface area contributed by atoms with Gasteiger partial charge in [0.15, 0.2) is 0 Å². The Morgan fingerprint density at radius 1 is 1.30 bits per heavy atom. The van der Waals surface area contributed by atoms with Crippen molar-refractivity contribution in [2.45, 2.75) is 18.9 Å². The molecule has 0 aromatic heterocycles. The summed E-state index contributed by atoms with van der Waals surface area (Å²) in [4.78, 5) is 24.3. The molecule has 108 valence electrons. The van der Waals surface area contributed by atoms with Crippen LogP contribution in [0.5, 0.6) is 0 Å². The molecule has 1 saturated heterocycles. The molecule has 1 aromatic rings. The van der Waals surface area contributed by atoms with Gasteiger partial charge in [-0.3, -0.25) is 14.5 Å². The largest absolute Gasteiger partial charge is 0.480 e. The lowest BCUT2D eigenvalue weighted by Crippen LogP contribution is -2.43. The van der Waals surface area contributed by atoms with Gasteiger partial charge in [0, 0.05) is 24.6 Å². The second-order valence-electron chi connectivity index (χ2n) is 4.97. The van der Waals surface area contributed by atoms with Gasteiger partial charge in [-0.2, -0.15) is 0 Å². The number of hydrogen-bond donors (Lipinski definition) is 2. The van der Waals surface area contributed by atoms with Crippen molar-refractivity contribution in [3.63, 3.8) is 0 Å². The molecule has 0 radical (unpaired) electrons. The van der Waals surface area contributed by atoms with E-state index in [9.17, 15) is 19.1 Å². The van der Waals surface area contributed by atoms with Gasteiger partial charge in [0.1, 0.15) is 11.9 Å². The maximum absolute atomic E-state index is 13.8. The molecule has 0 spiro atoms. The molecule has 1 aromatic carbocycles. The molecule has 0 bridgehead atoms. The number of carbonyl (C=O) groups excluding carboxylic acids is 1. The summed E-state index contributed by atoms with van der Waals surface area (Å²) in [6.07, 6.45) is 1.02. The predicted molar refractivity (Wildman–Crippen MR) is 70.3 cm³/mol. The summed E-state index contributed by atoms with van der Waals surface area (Å²) in [6, 6.07) is 4.85. The monoisotopic (exact) mass is 280 g/mol. The first-order chi connectivity index (χ1) is 9.50. The van der Waals surface area contributed by atoms with E-state index in [1.807, 2.05) is 0 Å². The molecular formula is C14H17FN2O3. The van der Waals surface area contributed by atoms with Crippen LogP contribution in [-0.4, -0.2) is 35.0 Å². The number of nitrogens with two attached hydrogens (primary N) is 1. The molecule has 3 N–H and O–H groups in total. The second kappa shape index (κ2) is 6.00. The molecule has 1 fully saturated rings. The van der Waals surface area contributed by atoms with E-state index in [-0.39, 0.29) is 17.4 Å². The van der Waals surface area contributed by atoms with Gasteiger partial charge in [-0.25, -0.2) is 4.39 Å². The van der Waals surface area contributed by atoms with Gasteiger partial charge in [0.25, 0.3) is 0 Å². The van der Waals surface area contributed by atoms with Crippen LogP contribution in [0.4, 0.5) is 4.39 Å². The summed E-state index contributed by atoms with van der Waals surface area (Å²) in [7, 11) is 0. The number of carboxylic acids is 1. The molecule has 1 heterocycles. The second-order valence-corrected chi connectivity index (χ2v) is 4.97. The number of carbonyl (C=O) groups is 2. The van der Waals surface area contributed by atoms with Crippen LogP contribution >= 0.6 is 0 Å². The number of carboxylic acid groups (broad SMARTS) is 1. The van der Waals surface area contributed by atoms with Gasteiger partial charge in [0.2, 0.25) is 5.91 Å². The van der Waals surface area contributed by atoms with Crippen molar-refractivity contribution in [2.24, 2.45) is 11.7 Å². The van der Waals surface area contributed by atoms with Crippen molar-refractivity contribution in [3.05, 3.63) is 35.6 Å². The van der Waals surface area contributed by atoms with Crippen molar-refractivity contribution in [3.8, 4) is 0 Å². The number of primary amides is 1. The first-order valence-corrected chi connectivity index (χ1v) is 6.51. The predicted octanol–water partition coefficient (Wildman–Crippen LogP) is 1.15. The summed E-state index contributed by atoms with van der Waals surface area (Å²) >= 11 is 0. The summed E-state index contributed by atoms with van der Waals surface area (Å²) in [5.74, 6) is -2.20. The molecule has 1 aliphatic rings. The number of benzene rings is 1. The minimum atomic E-state index is -1.09. The molecular weight excluding hydrogens is 263 g/mol. The number of hydrogen-bond acceptors (Lipinski definition) is 3. The minimum absolute atomic E-state index is 0.150. The molecule has 0 saturated carbocycles. The zero-order chi connectivity index (χ0) is 14.7. The molecule has 2 rings (SSSR count). The lowest BCUT2D eigenvalue weighted by molar-refractivity contribution is -0.144. The van der Waals surface area contributed by atoms with Crippen LogP contribution in [0.2, 0.25) is 0 Å². The van der Waals surface area contributed by atoms with E-state index in [1.54, 1.807) is 11.0 Å². The Kier molecular flexibility index (Phi) is 4.34. The first-order valence-electron chi connectivity index (χ1n) is 6.51. The third-order valence-corrected chi connectivity index (χ3v) is 3.73. The Bertz CT molecular complexity index is 513. The lowest BCUT2D eigenvalue weighted by Gasteiger charge is -2.34. The van der Waals surface area contributed by atoms with Crippen LogP contribution < -0.4 is 5.73 Å². The Morgan fingerprint density at radius 3 is 2.40 bits per heavy atom. The fraction of sp³-hybridized carbons (Fsp3) is 0.429. The highest BCUT2D eigenvalue weighted by atomic mass is 19.1. The molecule has 20 heavy (non-hydrogen) atoms. The van der Waals surface area contributed by atoms with E-state index in [2.05, 4.69) is 0 Å². The average molecular weight is 280 g/mol. The van der Waals surface area contributed by atoms with Crippen molar-refractivity contribution in [2.75, 3.05) is 13.1 Å². The number of likely N-dealkylation sites (tertiary alicyclic amines) is 1. The zero-order valence-corrected chi connectivity index (χ0v) is 11.0. The van der Waals surface area contributed by atoms with Crippen LogP contribution in [0.3, 0.4) is 0 Å². The third kappa shape index (κ3) is 2.96. The van der Waals surface area contributed by atoms with Crippen LogP contribution in [0.15, 0.2) is 24.3 Å². The van der Waals surface area contributed by atoms with Gasteiger partial charge < -0.3 is 10.8 Å². The van der Waals surface area contributed by atoms with Crippen molar-refractivity contribution in [1.82, 2.24) is 4.90 Å². The summed E-state index contributed by atoms with van der Waals surface area (Å²) in [5, 5.41) is 9.38. The maximum atomic E-state index is 13.8. The Balaban J connectivity index is 2.18. The normalized spacial score (nSPS) is 18.6. The van der Waals surface area contributed by atoms with E-state index in [4.69, 9.17) is 5.73 Å². The van der Waals surface area contributed by atoms with Crippen LogP contribution in [0, 0.1) is 11.7 Å². The van der Waals surface area contributed by atoms with Crippen LogP contribution in [0.25, 0.3) is 0 Å². The van der Waals surface area contributed by atoms with Crippen molar-refractivity contribution in [1.29, 1.82) is 0 Å². The number of aliphatic carboxylic acids is 1. The molecule has 0 aliphatic carbocycles. The van der Waals surface area contributed by atoms with Crippen molar-refractivity contribution < 1.29 is 19.1 Å². The maximum Gasteiger partial charge on any atom is 0.325 e. The molecule has 6 heteroatoms. The van der Waals surface area contributed by atoms with Crippen LogP contribution in [0.1, 0.15) is 24.4 Å². The fourth-order valence-corrected chi connectivity index (χ4v) is 2.62. The smallest absolute Gasteiger partial charge is 0.325 e. The molecule has 1 atom stereocenters. The quantitative estimate of drug-likeness (QED) is 0.866. The van der Waals surface area contributed by atoms with Gasteiger partial charge >= 0.3 is 5.97 Å². The SMILES string of the molecule is NC(=O)C1CCN(C(C(=O)O)c2ccccc2F)CC1. The molecule has 5 nitrogen and oxygen atoms in total. The van der Waals surface area contributed by atoms with Gasteiger partial charge in [-0.1, -0.05) is 18.2 Å². The van der Waals surface area contributed by atoms with Crippen LogP contribution in [-0.2, 0) is 9.59 Å². The van der Waals surface area contributed by atoms with E-state index in [0.717, 1.165) is 0 Å². The van der Waals surface area contributed by atoms with Gasteiger partial charge in [0.05, 0.1) is 0 Å². The summed E-state index contributed by atoms with van der Waals surface area (Å²) in [6.45, 7) is 0.831. The standard InChI is InChI=1S/C14H17FN2O3/c15-11-4-2-1-3-10(11)12(14(19)20)17-7-5-9(6-8-17)13(16)18/h1-4,9,12H,5-8H2,(H2,16,18)(H,19,20). The summed E-state index contributed by atoms with van der Waals surface area (Å²) in [5.41, 5.74) is 5.40. The highest BCUT2D eigenvalue weighted by Gasteiger charge is 2.33. The zero-order valence-electron chi connectivity index (χ0n) is 11.0. The van der Waals surface area contributed by atoms with E-state index >= 15 is 0 Å². The van der Waals surface area contributed by atoms with E-state index < -0.39 is 17.8 Å². The highest BCUT2D eigenvalue weighted by Crippen LogP contribution is 2.28.